The van der Waals surface area contributed by atoms with Gasteiger partial charge in [-0.1, -0.05) is 0 Å². The lowest BCUT2D eigenvalue weighted by Crippen LogP contribution is -2.28. The molecular formula is C9H18N2O2. The molecule has 0 spiro atoms. The van der Waals surface area contributed by atoms with Gasteiger partial charge in [-0.15, -0.1) is 0 Å². The number of carbonyl (C=O) groups is 1. The molecule has 1 aliphatic rings. The second-order valence-electron chi connectivity index (χ2n) is 3.41. The van der Waals surface area contributed by atoms with E-state index in [0.29, 0.717) is 13.0 Å². The molecular weight excluding hydrogens is 168 g/mol. The van der Waals surface area contributed by atoms with Gasteiger partial charge in [-0.25, -0.2) is 0 Å². The zero-order valence-corrected chi connectivity index (χ0v) is 7.92. The van der Waals surface area contributed by atoms with Crippen molar-refractivity contribution in [1.82, 2.24) is 5.32 Å². The summed E-state index contributed by atoms with van der Waals surface area (Å²) in [7, 11) is 0. The van der Waals surface area contributed by atoms with Crippen molar-refractivity contribution in [1.29, 1.82) is 0 Å². The smallest absolute Gasteiger partial charge is 0.219 e. The van der Waals surface area contributed by atoms with Crippen molar-refractivity contribution < 1.29 is 9.53 Å². The van der Waals surface area contributed by atoms with Crippen LogP contribution in [0, 0.1) is 0 Å². The fourth-order valence-electron chi connectivity index (χ4n) is 1.46. The summed E-state index contributed by atoms with van der Waals surface area (Å²) in [5.74, 6) is -0.290. The maximum atomic E-state index is 10.4. The highest BCUT2D eigenvalue weighted by Gasteiger charge is 2.11. The lowest BCUT2D eigenvalue weighted by molar-refractivity contribution is -0.119. The summed E-state index contributed by atoms with van der Waals surface area (Å²) in [4.78, 5) is 10.4. The standard InChI is InChI=1S/C9H18N2O2/c10-9(12)4-6-13-8-3-1-2-5-11-7-8/h8,11H,1-7H2,(H2,10,12). The topological polar surface area (TPSA) is 64.4 Å². The Morgan fingerprint density at radius 3 is 3.15 bits per heavy atom. The number of nitrogens with one attached hydrogen (secondary N) is 1. The summed E-state index contributed by atoms with van der Waals surface area (Å²) in [6, 6.07) is 0. The highest BCUT2D eigenvalue weighted by Crippen LogP contribution is 2.07. The van der Waals surface area contributed by atoms with Crippen molar-refractivity contribution in [3.63, 3.8) is 0 Å². The van der Waals surface area contributed by atoms with E-state index >= 15 is 0 Å². The molecule has 0 bridgehead atoms. The van der Waals surface area contributed by atoms with E-state index in [-0.39, 0.29) is 12.0 Å². The number of amides is 1. The molecule has 1 saturated heterocycles. The minimum atomic E-state index is -0.290. The second kappa shape index (κ2) is 5.94. The summed E-state index contributed by atoms with van der Waals surface area (Å²) in [5.41, 5.74) is 5.00. The molecule has 1 atom stereocenters. The number of hydrogen-bond donors (Lipinski definition) is 2. The quantitative estimate of drug-likeness (QED) is 0.650. The van der Waals surface area contributed by atoms with Gasteiger partial charge >= 0.3 is 0 Å². The third-order valence-electron chi connectivity index (χ3n) is 2.20. The summed E-state index contributed by atoms with van der Waals surface area (Å²) in [5, 5.41) is 3.29. The Morgan fingerprint density at radius 1 is 1.54 bits per heavy atom. The first kappa shape index (κ1) is 10.5. The van der Waals surface area contributed by atoms with Gasteiger partial charge in [0.1, 0.15) is 0 Å². The molecule has 13 heavy (non-hydrogen) atoms. The zero-order chi connectivity index (χ0) is 9.52. The van der Waals surface area contributed by atoms with E-state index in [0.717, 1.165) is 19.5 Å². The van der Waals surface area contributed by atoms with Crippen molar-refractivity contribution in [2.45, 2.75) is 31.8 Å². The summed E-state index contributed by atoms with van der Waals surface area (Å²) in [6.07, 6.45) is 4.11. The van der Waals surface area contributed by atoms with Crippen LogP contribution in [0.3, 0.4) is 0 Å². The van der Waals surface area contributed by atoms with Gasteiger partial charge < -0.3 is 15.8 Å². The molecule has 0 aromatic rings. The van der Waals surface area contributed by atoms with Crippen LogP contribution in [-0.4, -0.2) is 31.7 Å². The number of carbonyl (C=O) groups excluding carboxylic acids is 1. The Morgan fingerprint density at radius 2 is 2.38 bits per heavy atom. The average Bonchev–Trinajstić information content (AvgIpc) is 2.32. The lowest BCUT2D eigenvalue weighted by atomic mass is 10.2. The van der Waals surface area contributed by atoms with E-state index in [1.807, 2.05) is 0 Å². The SMILES string of the molecule is NC(=O)CCOC1CCCCNC1. The van der Waals surface area contributed by atoms with Crippen molar-refractivity contribution in [2.75, 3.05) is 19.7 Å². The third-order valence-corrected chi connectivity index (χ3v) is 2.20. The van der Waals surface area contributed by atoms with E-state index in [9.17, 15) is 4.79 Å². The van der Waals surface area contributed by atoms with Crippen molar-refractivity contribution in [2.24, 2.45) is 5.73 Å². The molecule has 0 saturated carbocycles. The summed E-state index contributed by atoms with van der Waals surface area (Å²) in [6.45, 7) is 2.44. The molecule has 3 N–H and O–H groups in total. The number of ether oxygens (including phenoxy) is 1. The van der Waals surface area contributed by atoms with E-state index in [1.165, 1.54) is 12.8 Å². The molecule has 4 heteroatoms. The normalized spacial score (nSPS) is 23.8. The maximum absolute atomic E-state index is 10.4. The van der Waals surface area contributed by atoms with Crippen LogP contribution in [-0.2, 0) is 9.53 Å². The van der Waals surface area contributed by atoms with Crippen LogP contribution in [0.2, 0.25) is 0 Å². The monoisotopic (exact) mass is 186 g/mol. The zero-order valence-electron chi connectivity index (χ0n) is 7.92. The number of hydrogen-bond acceptors (Lipinski definition) is 3. The molecule has 4 nitrogen and oxygen atoms in total. The largest absolute Gasteiger partial charge is 0.376 e. The Hall–Kier alpha value is -0.610. The van der Waals surface area contributed by atoms with Gasteiger partial charge in [0, 0.05) is 13.0 Å². The molecule has 1 rings (SSSR count). The number of nitrogens with two attached hydrogens (primary N) is 1. The predicted molar refractivity (Wildman–Crippen MR) is 50.3 cm³/mol. The molecule has 0 aromatic heterocycles. The van der Waals surface area contributed by atoms with E-state index < -0.39 is 0 Å². The third kappa shape index (κ3) is 4.85. The Kier molecular flexibility index (Phi) is 4.78. The van der Waals surface area contributed by atoms with Crippen molar-refractivity contribution >= 4 is 5.91 Å². The van der Waals surface area contributed by atoms with Gasteiger partial charge in [-0.2, -0.15) is 0 Å². The van der Waals surface area contributed by atoms with Gasteiger partial charge in [0.25, 0.3) is 0 Å². The molecule has 0 aliphatic carbocycles. The molecule has 1 heterocycles. The van der Waals surface area contributed by atoms with Gasteiger partial charge in [-0.3, -0.25) is 4.79 Å². The minimum Gasteiger partial charge on any atom is -0.376 e. The number of primary amides is 1. The fraction of sp³-hybridized carbons (Fsp3) is 0.889. The Bertz CT molecular complexity index is 154. The summed E-state index contributed by atoms with van der Waals surface area (Å²) >= 11 is 0. The van der Waals surface area contributed by atoms with Crippen LogP contribution in [0.25, 0.3) is 0 Å². The van der Waals surface area contributed by atoms with Gasteiger partial charge in [0.05, 0.1) is 12.7 Å². The maximum Gasteiger partial charge on any atom is 0.219 e. The van der Waals surface area contributed by atoms with Gasteiger partial charge in [-0.05, 0) is 25.8 Å². The Balaban J connectivity index is 2.08. The molecule has 1 unspecified atom stereocenters. The van der Waals surface area contributed by atoms with Gasteiger partial charge in [0.15, 0.2) is 0 Å². The lowest BCUT2D eigenvalue weighted by Gasteiger charge is -2.14. The van der Waals surface area contributed by atoms with E-state index in [2.05, 4.69) is 5.32 Å². The average molecular weight is 186 g/mol. The van der Waals surface area contributed by atoms with Crippen molar-refractivity contribution in [3.05, 3.63) is 0 Å². The van der Waals surface area contributed by atoms with Gasteiger partial charge in [0.2, 0.25) is 5.91 Å². The van der Waals surface area contributed by atoms with Crippen LogP contribution in [0.4, 0.5) is 0 Å². The highest BCUT2D eigenvalue weighted by atomic mass is 16.5. The van der Waals surface area contributed by atoms with Crippen LogP contribution >= 0.6 is 0 Å². The van der Waals surface area contributed by atoms with Crippen LogP contribution in [0.5, 0.6) is 0 Å². The summed E-state index contributed by atoms with van der Waals surface area (Å²) < 4.78 is 5.51. The first-order chi connectivity index (χ1) is 6.29. The molecule has 0 aromatic carbocycles. The first-order valence-electron chi connectivity index (χ1n) is 4.89. The Labute approximate surface area is 78.8 Å². The van der Waals surface area contributed by atoms with Crippen molar-refractivity contribution in [3.8, 4) is 0 Å². The van der Waals surface area contributed by atoms with Crippen LogP contribution in [0.15, 0.2) is 0 Å². The highest BCUT2D eigenvalue weighted by molar-refractivity contribution is 5.73. The predicted octanol–water partition coefficient (Wildman–Crippen LogP) is 0.0205. The minimum absolute atomic E-state index is 0.266. The fourth-order valence-corrected chi connectivity index (χ4v) is 1.46. The molecule has 1 aliphatic heterocycles. The van der Waals surface area contributed by atoms with E-state index in [4.69, 9.17) is 10.5 Å². The number of rotatable bonds is 4. The molecule has 76 valence electrons. The molecule has 1 fully saturated rings. The molecule has 0 radical (unpaired) electrons. The second-order valence-corrected chi connectivity index (χ2v) is 3.41. The van der Waals surface area contributed by atoms with E-state index in [1.54, 1.807) is 0 Å². The first-order valence-corrected chi connectivity index (χ1v) is 4.89. The van der Waals surface area contributed by atoms with Crippen LogP contribution in [0.1, 0.15) is 25.7 Å². The molecule has 1 amide bonds. The van der Waals surface area contributed by atoms with Crippen LogP contribution < -0.4 is 11.1 Å².